The molecule has 0 amide bonds. The first-order valence-corrected chi connectivity index (χ1v) is 11.9. The topological polar surface area (TPSA) is 48.4 Å². The third-order valence-corrected chi connectivity index (χ3v) is 4.71. The molecular formula is C27H41NO3. The molecule has 0 unspecified atom stereocenters. The van der Waals surface area contributed by atoms with Crippen molar-refractivity contribution in [3.63, 3.8) is 0 Å². The van der Waals surface area contributed by atoms with Crippen LogP contribution in [0.25, 0.3) is 0 Å². The van der Waals surface area contributed by atoms with Crippen molar-refractivity contribution in [2.75, 3.05) is 13.2 Å². The predicted octanol–water partition coefficient (Wildman–Crippen LogP) is 7.12. The van der Waals surface area contributed by atoms with Gasteiger partial charge in [-0.05, 0) is 56.6 Å². The minimum Gasteiger partial charge on any atom is -0.466 e. The Labute approximate surface area is 189 Å². The molecule has 0 aromatic carbocycles. The van der Waals surface area contributed by atoms with Crippen LogP contribution >= 0.6 is 0 Å². The van der Waals surface area contributed by atoms with Gasteiger partial charge in [0.2, 0.25) is 0 Å². The highest BCUT2D eigenvalue weighted by Crippen LogP contribution is 2.04. The smallest absolute Gasteiger partial charge is 0.305 e. The number of carbonyl (C=O) groups excluding carboxylic acids is 1. The first kappa shape index (κ1) is 26.8. The molecule has 0 fully saturated rings. The fourth-order valence-corrected chi connectivity index (χ4v) is 2.91. The summed E-state index contributed by atoms with van der Waals surface area (Å²) in [4.78, 5) is 15.8. The molecule has 0 spiro atoms. The van der Waals surface area contributed by atoms with Gasteiger partial charge in [-0.25, -0.2) is 0 Å². The van der Waals surface area contributed by atoms with Crippen molar-refractivity contribution in [1.29, 1.82) is 0 Å². The van der Waals surface area contributed by atoms with Gasteiger partial charge in [0, 0.05) is 25.2 Å². The summed E-state index contributed by atoms with van der Waals surface area (Å²) in [6.07, 6.45) is 28.2. The van der Waals surface area contributed by atoms with Crippen LogP contribution in [0, 0.1) is 0 Å². The monoisotopic (exact) mass is 427 g/mol. The van der Waals surface area contributed by atoms with Crippen LogP contribution in [0.2, 0.25) is 0 Å². The van der Waals surface area contributed by atoms with E-state index < -0.39 is 0 Å². The van der Waals surface area contributed by atoms with Crippen LogP contribution in [0.5, 0.6) is 0 Å². The zero-order valence-corrected chi connectivity index (χ0v) is 19.3. The van der Waals surface area contributed by atoms with Gasteiger partial charge in [-0.15, -0.1) is 0 Å². The number of ether oxygens (including phenoxy) is 2. The second-order valence-electron chi connectivity index (χ2n) is 7.62. The zero-order chi connectivity index (χ0) is 22.2. The standard InChI is InChI=1S/C27H41NO3/c1-2-3-4-5-6-7-8-9-10-11-12-13-14-15-16-20-27(29)31-23-18-22-30-25-26-19-17-21-28-24-26/h6-7,9-10,12-13,17,19,21,24H,2-5,8,11,14-16,18,20,22-23,25H2,1H3/b7-6-,10-9-,13-12-. The Hall–Kier alpha value is -2.20. The summed E-state index contributed by atoms with van der Waals surface area (Å²) in [5.41, 5.74) is 1.05. The second-order valence-corrected chi connectivity index (χ2v) is 7.62. The van der Waals surface area contributed by atoms with Crippen LogP contribution in [-0.4, -0.2) is 24.2 Å². The van der Waals surface area contributed by atoms with E-state index in [4.69, 9.17) is 9.47 Å². The highest BCUT2D eigenvalue weighted by Gasteiger charge is 2.02. The Kier molecular flexibility index (Phi) is 18.2. The van der Waals surface area contributed by atoms with E-state index in [1.54, 1.807) is 12.4 Å². The van der Waals surface area contributed by atoms with Crippen molar-refractivity contribution in [2.45, 2.75) is 84.2 Å². The lowest BCUT2D eigenvalue weighted by molar-refractivity contribution is -0.144. The normalized spacial score (nSPS) is 11.8. The van der Waals surface area contributed by atoms with Gasteiger partial charge >= 0.3 is 5.97 Å². The molecule has 0 aliphatic carbocycles. The Morgan fingerprint density at radius 3 is 2.29 bits per heavy atom. The summed E-state index contributed by atoms with van der Waals surface area (Å²) in [7, 11) is 0. The maximum Gasteiger partial charge on any atom is 0.305 e. The number of rotatable bonds is 19. The minimum absolute atomic E-state index is 0.109. The molecule has 4 heteroatoms. The molecule has 1 heterocycles. The van der Waals surface area contributed by atoms with Crippen molar-refractivity contribution >= 4 is 5.97 Å². The average molecular weight is 428 g/mol. The van der Waals surface area contributed by atoms with Crippen LogP contribution in [0.3, 0.4) is 0 Å². The third-order valence-electron chi connectivity index (χ3n) is 4.71. The van der Waals surface area contributed by atoms with Crippen LogP contribution in [-0.2, 0) is 20.9 Å². The number of aromatic nitrogens is 1. The van der Waals surface area contributed by atoms with Crippen molar-refractivity contribution in [2.24, 2.45) is 0 Å². The molecule has 1 rings (SSSR count). The Morgan fingerprint density at radius 2 is 1.61 bits per heavy atom. The number of esters is 1. The number of allylic oxidation sites excluding steroid dienone is 6. The molecule has 4 nitrogen and oxygen atoms in total. The van der Waals surface area contributed by atoms with Crippen molar-refractivity contribution < 1.29 is 14.3 Å². The van der Waals surface area contributed by atoms with E-state index in [-0.39, 0.29) is 5.97 Å². The van der Waals surface area contributed by atoms with E-state index in [9.17, 15) is 4.79 Å². The number of hydrogen-bond donors (Lipinski definition) is 0. The van der Waals surface area contributed by atoms with Gasteiger partial charge in [0.25, 0.3) is 0 Å². The van der Waals surface area contributed by atoms with E-state index in [2.05, 4.69) is 48.4 Å². The van der Waals surface area contributed by atoms with Crippen LogP contribution in [0.15, 0.2) is 61.0 Å². The zero-order valence-electron chi connectivity index (χ0n) is 19.3. The van der Waals surface area contributed by atoms with Crippen LogP contribution in [0.4, 0.5) is 0 Å². The van der Waals surface area contributed by atoms with Crippen molar-refractivity contribution in [3.05, 3.63) is 66.5 Å². The molecule has 172 valence electrons. The fraction of sp³-hybridized carbons (Fsp3) is 0.556. The largest absolute Gasteiger partial charge is 0.466 e. The van der Waals surface area contributed by atoms with E-state index in [1.165, 1.54) is 25.7 Å². The summed E-state index contributed by atoms with van der Waals surface area (Å²) in [5.74, 6) is -0.109. The molecule has 0 N–H and O–H groups in total. The summed E-state index contributed by atoms with van der Waals surface area (Å²) in [6.45, 7) is 3.78. The van der Waals surface area contributed by atoms with Crippen LogP contribution in [0.1, 0.15) is 83.1 Å². The van der Waals surface area contributed by atoms with E-state index in [0.29, 0.717) is 26.2 Å². The fourth-order valence-electron chi connectivity index (χ4n) is 2.91. The number of hydrogen-bond acceptors (Lipinski definition) is 4. The maximum absolute atomic E-state index is 11.7. The molecule has 0 aliphatic rings. The molecule has 0 aliphatic heterocycles. The van der Waals surface area contributed by atoms with Crippen molar-refractivity contribution in [3.8, 4) is 0 Å². The Balaban J connectivity index is 1.85. The van der Waals surface area contributed by atoms with E-state index in [1.807, 2.05) is 12.1 Å². The van der Waals surface area contributed by atoms with Crippen molar-refractivity contribution in [1.82, 2.24) is 4.98 Å². The third kappa shape index (κ3) is 18.3. The number of nitrogens with zero attached hydrogens (tertiary/aromatic N) is 1. The summed E-state index contributed by atoms with van der Waals surface area (Å²) in [5, 5.41) is 0. The molecule has 0 atom stereocenters. The number of carbonyl (C=O) groups is 1. The minimum atomic E-state index is -0.109. The van der Waals surface area contributed by atoms with Gasteiger partial charge in [0.15, 0.2) is 0 Å². The van der Waals surface area contributed by atoms with Gasteiger partial charge in [0.05, 0.1) is 19.8 Å². The van der Waals surface area contributed by atoms with Gasteiger partial charge < -0.3 is 9.47 Å². The highest BCUT2D eigenvalue weighted by atomic mass is 16.5. The molecule has 1 aromatic rings. The SMILES string of the molecule is CCCCC/C=C\C/C=C\C/C=C\CCCCC(=O)OCCCOCc1cccnc1. The molecule has 31 heavy (non-hydrogen) atoms. The average Bonchev–Trinajstić information content (AvgIpc) is 2.79. The van der Waals surface area contributed by atoms with Gasteiger partial charge in [-0.2, -0.15) is 0 Å². The van der Waals surface area contributed by atoms with Crippen LogP contribution < -0.4 is 0 Å². The Bertz CT molecular complexity index is 623. The van der Waals surface area contributed by atoms with E-state index in [0.717, 1.165) is 44.1 Å². The molecule has 1 aromatic heterocycles. The maximum atomic E-state index is 11.7. The van der Waals surface area contributed by atoms with Gasteiger partial charge in [0.1, 0.15) is 0 Å². The lowest BCUT2D eigenvalue weighted by Crippen LogP contribution is -2.07. The number of unbranched alkanes of at least 4 members (excludes halogenated alkanes) is 5. The van der Waals surface area contributed by atoms with Gasteiger partial charge in [-0.1, -0.05) is 62.3 Å². The first-order valence-electron chi connectivity index (χ1n) is 11.9. The lowest BCUT2D eigenvalue weighted by atomic mass is 10.1. The molecule has 0 bridgehead atoms. The molecule has 0 radical (unpaired) electrons. The summed E-state index contributed by atoms with van der Waals surface area (Å²) in [6, 6.07) is 3.87. The highest BCUT2D eigenvalue weighted by molar-refractivity contribution is 5.69. The lowest BCUT2D eigenvalue weighted by Gasteiger charge is -2.06. The summed E-state index contributed by atoms with van der Waals surface area (Å²) >= 11 is 0. The van der Waals surface area contributed by atoms with Gasteiger partial charge in [-0.3, -0.25) is 9.78 Å². The molecular weight excluding hydrogens is 386 g/mol. The second kappa shape index (κ2) is 21.0. The molecule has 0 saturated heterocycles. The first-order chi connectivity index (χ1) is 15.3. The predicted molar refractivity (Wildman–Crippen MR) is 129 cm³/mol. The van der Waals surface area contributed by atoms with E-state index >= 15 is 0 Å². The molecule has 0 saturated carbocycles. The Morgan fingerprint density at radius 1 is 0.903 bits per heavy atom. The number of pyridine rings is 1. The quantitative estimate of drug-likeness (QED) is 0.134. The summed E-state index contributed by atoms with van der Waals surface area (Å²) < 4.78 is 10.8.